The van der Waals surface area contributed by atoms with Gasteiger partial charge in [-0.3, -0.25) is 0 Å². The molecule has 1 fully saturated rings. The molecule has 2 aromatic rings. The smallest absolute Gasteiger partial charge is 0.147 e. The van der Waals surface area contributed by atoms with Crippen LogP contribution >= 0.6 is 24.8 Å². The molecule has 4 aliphatic rings. The molecule has 0 saturated carbocycles. The van der Waals surface area contributed by atoms with Crippen LogP contribution < -0.4 is 14.8 Å². The van der Waals surface area contributed by atoms with Crippen molar-refractivity contribution < 1.29 is 14.6 Å². The van der Waals surface area contributed by atoms with E-state index in [2.05, 4.69) is 47.6 Å². The van der Waals surface area contributed by atoms with Crippen LogP contribution in [0.2, 0.25) is 0 Å². The van der Waals surface area contributed by atoms with Crippen molar-refractivity contribution in [2.24, 2.45) is 5.92 Å². The Morgan fingerprint density at radius 3 is 2.69 bits per heavy atom. The maximum atomic E-state index is 10.8. The zero-order valence-electron chi connectivity index (χ0n) is 18.3. The van der Waals surface area contributed by atoms with E-state index in [1.807, 2.05) is 18.2 Å². The fourth-order valence-electron chi connectivity index (χ4n) is 6.33. The summed E-state index contributed by atoms with van der Waals surface area (Å²) in [5, 5.41) is 14.4. The van der Waals surface area contributed by atoms with Crippen molar-refractivity contribution in [1.29, 1.82) is 0 Å². The second-order valence-corrected chi connectivity index (χ2v) is 9.16. The average Bonchev–Trinajstić information content (AvgIpc) is 3.13. The normalized spacial score (nSPS) is 31.0. The van der Waals surface area contributed by atoms with Crippen LogP contribution in [0.25, 0.3) is 0 Å². The molecule has 6 rings (SSSR count). The molecule has 5 atom stereocenters. The lowest BCUT2D eigenvalue weighted by molar-refractivity contribution is -0.0449. The van der Waals surface area contributed by atoms with E-state index in [0.717, 1.165) is 36.6 Å². The number of anilines is 1. The van der Waals surface area contributed by atoms with E-state index in [0.29, 0.717) is 18.5 Å². The van der Waals surface area contributed by atoms with Crippen LogP contribution in [0.15, 0.2) is 48.6 Å². The maximum absolute atomic E-state index is 10.8. The summed E-state index contributed by atoms with van der Waals surface area (Å²) in [4.78, 5) is 2.49. The van der Waals surface area contributed by atoms with Gasteiger partial charge >= 0.3 is 0 Å². The van der Waals surface area contributed by atoms with E-state index in [-0.39, 0.29) is 36.3 Å². The highest BCUT2D eigenvalue weighted by molar-refractivity contribution is 5.85. The molecule has 1 spiro atoms. The van der Waals surface area contributed by atoms with Gasteiger partial charge in [0.2, 0.25) is 0 Å². The van der Waals surface area contributed by atoms with Crippen molar-refractivity contribution in [3.8, 4) is 11.5 Å². The highest BCUT2D eigenvalue weighted by atomic mass is 35.5. The van der Waals surface area contributed by atoms with E-state index in [9.17, 15) is 5.11 Å². The highest BCUT2D eigenvalue weighted by Crippen LogP contribution is 2.62. The Balaban J connectivity index is 0.00000122. The second kappa shape index (κ2) is 8.45. The molecule has 1 saturated heterocycles. The summed E-state index contributed by atoms with van der Waals surface area (Å²) >= 11 is 0. The SMILES string of the molecule is COc1ccc(CNc2ccc3c4c2O[C@H]2[C@@H](O)C=C[C@H]5[C@@H](C3)N(C)CC[C@@]452)cc1.Cl.Cl. The van der Waals surface area contributed by atoms with E-state index in [1.54, 1.807) is 7.11 Å². The monoisotopic (exact) mass is 476 g/mol. The Morgan fingerprint density at radius 2 is 1.94 bits per heavy atom. The highest BCUT2D eigenvalue weighted by Gasteiger charge is 2.64. The van der Waals surface area contributed by atoms with E-state index in [1.165, 1.54) is 16.7 Å². The Labute approximate surface area is 201 Å². The van der Waals surface area contributed by atoms with Gasteiger partial charge in [-0.25, -0.2) is 0 Å². The molecule has 2 aliphatic carbocycles. The van der Waals surface area contributed by atoms with Crippen LogP contribution in [-0.2, 0) is 18.4 Å². The van der Waals surface area contributed by atoms with Gasteiger partial charge in [0.25, 0.3) is 0 Å². The molecular formula is C25H30Cl2N2O3. The molecule has 5 nitrogen and oxygen atoms in total. The lowest BCUT2D eigenvalue weighted by atomic mass is 9.53. The van der Waals surface area contributed by atoms with Gasteiger partial charge in [-0.2, -0.15) is 0 Å². The second-order valence-electron chi connectivity index (χ2n) is 9.16. The Hall–Kier alpha value is -1.92. The van der Waals surface area contributed by atoms with Gasteiger partial charge in [-0.1, -0.05) is 30.4 Å². The van der Waals surface area contributed by atoms with Crippen LogP contribution in [0.3, 0.4) is 0 Å². The number of aliphatic hydroxyl groups is 1. The number of likely N-dealkylation sites (tertiary alicyclic amines) is 1. The number of aliphatic hydroxyl groups excluding tert-OH is 1. The number of nitrogens with zero attached hydrogens (tertiary/aromatic N) is 1. The molecule has 0 radical (unpaired) electrons. The summed E-state index contributed by atoms with van der Waals surface area (Å²) in [5.41, 5.74) is 4.85. The summed E-state index contributed by atoms with van der Waals surface area (Å²) in [6.07, 6.45) is 5.54. The Kier molecular flexibility index (Phi) is 6.14. The number of halogens is 2. The number of ether oxygens (including phenoxy) is 2. The van der Waals surface area contributed by atoms with E-state index >= 15 is 0 Å². The van der Waals surface area contributed by atoms with Crippen molar-refractivity contribution in [2.75, 3.05) is 26.0 Å². The molecule has 2 aliphatic heterocycles. The van der Waals surface area contributed by atoms with Crippen LogP contribution in [0, 0.1) is 5.92 Å². The first kappa shape index (κ1) is 23.2. The van der Waals surface area contributed by atoms with Crippen molar-refractivity contribution in [2.45, 2.75) is 43.1 Å². The predicted octanol–water partition coefficient (Wildman–Crippen LogP) is 3.96. The molecule has 32 heavy (non-hydrogen) atoms. The summed E-state index contributed by atoms with van der Waals surface area (Å²) in [7, 11) is 3.92. The van der Waals surface area contributed by atoms with Crippen molar-refractivity contribution in [3.63, 3.8) is 0 Å². The predicted molar refractivity (Wildman–Crippen MR) is 131 cm³/mol. The number of hydrogen-bond donors (Lipinski definition) is 2. The van der Waals surface area contributed by atoms with Gasteiger partial charge < -0.3 is 24.8 Å². The first-order chi connectivity index (χ1) is 14.6. The minimum atomic E-state index is -0.557. The lowest BCUT2D eigenvalue weighted by Crippen LogP contribution is -2.64. The number of methoxy groups -OCH3 is 1. The number of piperidine rings is 1. The van der Waals surface area contributed by atoms with Gasteiger partial charge in [0.05, 0.1) is 12.8 Å². The molecule has 0 amide bonds. The number of likely N-dealkylation sites (N-methyl/N-ethyl adjacent to an activating group) is 1. The number of rotatable bonds is 4. The minimum absolute atomic E-state index is 0. The first-order valence-electron chi connectivity index (χ1n) is 10.9. The van der Waals surface area contributed by atoms with Crippen LogP contribution in [0.5, 0.6) is 11.5 Å². The topological polar surface area (TPSA) is 54.0 Å². The zero-order chi connectivity index (χ0) is 20.5. The standard InChI is InChI=1S/C25H28N2O3.2ClH/c1-27-12-11-25-18-8-10-21(28)24(25)30-23-19(9-5-16(22(23)25)13-20(18)27)26-14-15-3-6-17(29-2)7-4-15;;/h3-10,18,20-21,24,26,28H,11-14H2,1-2H3;2*1H/t18-,20+,21-,24-,25-;;/m0../s1. The number of nitrogens with one attached hydrogen (secondary N) is 1. The van der Waals surface area contributed by atoms with Gasteiger partial charge in [0, 0.05) is 29.5 Å². The van der Waals surface area contributed by atoms with Crippen molar-refractivity contribution >= 4 is 30.5 Å². The van der Waals surface area contributed by atoms with Crippen molar-refractivity contribution in [3.05, 3.63) is 65.2 Å². The summed E-state index contributed by atoms with van der Waals surface area (Å²) in [6, 6.07) is 13.0. The Morgan fingerprint density at radius 1 is 1.16 bits per heavy atom. The zero-order valence-corrected chi connectivity index (χ0v) is 19.9. The lowest BCUT2D eigenvalue weighted by Gasteiger charge is -2.56. The van der Waals surface area contributed by atoms with E-state index < -0.39 is 6.10 Å². The third-order valence-corrected chi connectivity index (χ3v) is 7.81. The summed E-state index contributed by atoms with van der Waals surface area (Å²) < 4.78 is 11.8. The molecule has 7 heteroatoms. The number of benzene rings is 2. The third kappa shape index (κ3) is 3.13. The van der Waals surface area contributed by atoms with E-state index in [4.69, 9.17) is 9.47 Å². The first-order valence-corrected chi connectivity index (χ1v) is 10.9. The molecule has 2 bridgehead atoms. The van der Waals surface area contributed by atoms with Crippen LogP contribution in [0.1, 0.15) is 23.1 Å². The third-order valence-electron chi connectivity index (χ3n) is 7.81. The largest absolute Gasteiger partial charge is 0.497 e. The Bertz CT molecular complexity index is 1030. The molecular weight excluding hydrogens is 447 g/mol. The molecule has 172 valence electrons. The molecule has 2 N–H and O–H groups in total. The molecule has 0 aromatic heterocycles. The maximum Gasteiger partial charge on any atom is 0.147 e. The van der Waals surface area contributed by atoms with Gasteiger partial charge in [0.1, 0.15) is 23.7 Å². The summed E-state index contributed by atoms with van der Waals surface area (Å²) in [6.45, 7) is 1.76. The molecule has 2 aromatic carbocycles. The van der Waals surface area contributed by atoms with Gasteiger partial charge in [-0.05, 0) is 55.8 Å². The summed E-state index contributed by atoms with van der Waals surface area (Å²) in [5.74, 6) is 2.22. The molecule has 2 heterocycles. The van der Waals surface area contributed by atoms with Crippen LogP contribution in [-0.4, -0.2) is 49.0 Å². The minimum Gasteiger partial charge on any atom is -0.497 e. The molecule has 0 unspecified atom stereocenters. The van der Waals surface area contributed by atoms with Gasteiger partial charge in [-0.15, -0.1) is 24.8 Å². The fourth-order valence-corrected chi connectivity index (χ4v) is 6.33. The van der Waals surface area contributed by atoms with Crippen molar-refractivity contribution in [1.82, 2.24) is 4.90 Å². The van der Waals surface area contributed by atoms with Crippen LogP contribution in [0.4, 0.5) is 5.69 Å². The quantitative estimate of drug-likeness (QED) is 0.654. The van der Waals surface area contributed by atoms with Gasteiger partial charge in [0.15, 0.2) is 0 Å². The fraction of sp³-hybridized carbons (Fsp3) is 0.440. The number of hydrogen-bond acceptors (Lipinski definition) is 5. The average molecular weight is 477 g/mol.